The van der Waals surface area contributed by atoms with Crippen molar-refractivity contribution in [3.8, 4) is 0 Å². The number of nitrogens with one attached hydrogen (secondary N) is 1. The summed E-state index contributed by atoms with van der Waals surface area (Å²) < 4.78 is 26.5. The van der Waals surface area contributed by atoms with Gasteiger partial charge in [-0.1, -0.05) is 56.3 Å². The van der Waals surface area contributed by atoms with Crippen LogP contribution in [0.15, 0.2) is 59.5 Å². The second-order valence-corrected chi connectivity index (χ2v) is 10.2. The number of hydrogen-bond acceptors (Lipinski definition) is 5. The second kappa shape index (κ2) is 10.8. The Morgan fingerprint density at radius 3 is 2.26 bits per heavy atom. The molecule has 0 fully saturated rings. The van der Waals surface area contributed by atoms with Crippen molar-refractivity contribution in [1.29, 1.82) is 0 Å². The van der Waals surface area contributed by atoms with E-state index in [1.807, 2.05) is 44.2 Å². The van der Waals surface area contributed by atoms with Gasteiger partial charge in [-0.2, -0.15) is 0 Å². The summed E-state index contributed by atoms with van der Waals surface area (Å²) >= 11 is 0. The number of carbonyl (C=O) groups is 3. The summed E-state index contributed by atoms with van der Waals surface area (Å²) in [6.45, 7) is 5.19. The minimum atomic E-state index is -4.13. The Morgan fingerprint density at radius 1 is 1.00 bits per heavy atom. The molecule has 0 saturated heterocycles. The first kappa shape index (κ1) is 25.4. The van der Waals surface area contributed by atoms with Crippen molar-refractivity contribution in [2.45, 2.75) is 57.0 Å². The van der Waals surface area contributed by atoms with E-state index in [1.165, 1.54) is 23.1 Å². The molecule has 3 rings (SSSR count). The zero-order valence-corrected chi connectivity index (χ0v) is 20.5. The number of hydrogen-bond donors (Lipinski definition) is 1. The fourth-order valence-electron chi connectivity index (χ4n) is 3.94. The Morgan fingerprint density at radius 2 is 1.65 bits per heavy atom. The highest BCUT2D eigenvalue weighted by Crippen LogP contribution is 2.30. The molecular weight excluding hydrogens is 454 g/mol. The van der Waals surface area contributed by atoms with Gasteiger partial charge in [0, 0.05) is 12.6 Å². The average Bonchev–Trinajstić information content (AvgIpc) is 3.02. The van der Waals surface area contributed by atoms with Gasteiger partial charge in [-0.15, -0.1) is 0 Å². The molecule has 0 aliphatic carbocycles. The first-order valence-electron chi connectivity index (χ1n) is 11.5. The third-order valence-electron chi connectivity index (χ3n) is 6.06. The van der Waals surface area contributed by atoms with Gasteiger partial charge in [0.1, 0.15) is 17.5 Å². The van der Waals surface area contributed by atoms with Crippen LogP contribution in [0.25, 0.3) is 0 Å². The number of sulfonamides is 1. The lowest BCUT2D eigenvalue weighted by Crippen LogP contribution is -2.54. The maximum atomic E-state index is 13.5. The Balaban J connectivity index is 1.86. The van der Waals surface area contributed by atoms with Crippen LogP contribution in [0, 0.1) is 0 Å². The van der Waals surface area contributed by atoms with Crippen LogP contribution >= 0.6 is 0 Å². The van der Waals surface area contributed by atoms with Crippen molar-refractivity contribution in [3.05, 3.63) is 65.7 Å². The first-order valence-corrected chi connectivity index (χ1v) is 12.9. The second-order valence-electron chi connectivity index (χ2n) is 8.38. The van der Waals surface area contributed by atoms with Crippen LogP contribution in [0.4, 0.5) is 0 Å². The number of fused-ring (bicyclic) bond motifs is 1. The molecule has 1 aliphatic heterocycles. The van der Waals surface area contributed by atoms with Crippen LogP contribution in [0.2, 0.25) is 0 Å². The number of amides is 3. The molecule has 0 spiro atoms. The Labute approximate surface area is 201 Å². The monoisotopic (exact) mass is 485 g/mol. The van der Waals surface area contributed by atoms with Gasteiger partial charge in [0.15, 0.2) is 0 Å². The number of nitrogens with zero attached hydrogens (tertiary/aromatic N) is 2. The number of carbonyl (C=O) groups excluding carboxylic acids is 3. The molecule has 0 saturated carbocycles. The summed E-state index contributed by atoms with van der Waals surface area (Å²) in [6, 6.07) is 14.6. The highest BCUT2D eigenvalue weighted by Gasteiger charge is 2.43. The molecule has 1 N–H and O–H groups in total. The molecule has 0 unspecified atom stereocenters. The van der Waals surface area contributed by atoms with E-state index in [0.717, 1.165) is 12.0 Å². The van der Waals surface area contributed by atoms with Crippen molar-refractivity contribution < 1.29 is 22.8 Å². The van der Waals surface area contributed by atoms with Crippen LogP contribution in [0.5, 0.6) is 0 Å². The Bertz CT molecular complexity index is 1150. The third-order valence-corrected chi connectivity index (χ3v) is 7.85. The smallest absolute Gasteiger partial charge is 0.269 e. The zero-order valence-electron chi connectivity index (χ0n) is 19.7. The molecule has 1 aliphatic rings. The molecular formula is C25H31N3O5S. The lowest BCUT2D eigenvalue weighted by Gasteiger charge is -2.32. The van der Waals surface area contributed by atoms with Crippen LogP contribution < -0.4 is 5.32 Å². The molecule has 2 aromatic rings. The first-order chi connectivity index (χ1) is 16.2. The topological polar surface area (TPSA) is 104 Å². The van der Waals surface area contributed by atoms with E-state index in [2.05, 4.69) is 5.32 Å². The lowest BCUT2D eigenvalue weighted by molar-refractivity contribution is -0.140. The van der Waals surface area contributed by atoms with E-state index in [9.17, 15) is 22.8 Å². The van der Waals surface area contributed by atoms with Crippen LogP contribution in [-0.2, 0) is 26.0 Å². The Kier molecular flexibility index (Phi) is 8.09. The molecule has 0 bridgehead atoms. The molecule has 0 aromatic heterocycles. The van der Waals surface area contributed by atoms with Gasteiger partial charge in [0.2, 0.25) is 11.8 Å². The molecule has 182 valence electrons. The maximum absolute atomic E-state index is 13.5. The van der Waals surface area contributed by atoms with Crippen molar-refractivity contribution in [3.63, 3.8) is 0 Å². The van der Waals surface area contributed by atoms with Crippen LogP contribution in [0.3, 0.4) is 0 Å². The normalized spacial score (nSPS) is 16.0. The molecule has 0 radical (unpaired) electrons. The predicted octanol–water partition coefficient (Wildman–Crippen LogP) is 2.60. The fraction of sp³-hybridized carbons (Fsp3) is 0.400. The van der Waals surface area contributed by atoms with Gasteiger partial charge in [0.25, 0.3) is 15.9 Å². The quantitative estimate of drug-likeness (QED) is 0.557. The summed E-state index contributed by atoms with van der Waals surface area (Å²) in [7, 11) is -4.13. The highest BCUT2D eigenvalue weighted by molar-refractivity contribution is 7.90. The highest BCUT2D eigenvalue weighted by atomic mass is 32.2. The van der Waals surface area contributed by atoms with E-state index in [1.54, 1.807) is 13.0 Å². The standard InChI is InChI=1S/C25H31N3O5S/c1-4-18(3)26-24(30)21(5-2)27(16-15-19-11-7-6-8-12-19)23(29)17-28-25(31)20-13-9-10-14-22(20)34(28,32)33/h6-14,18,21H,4-5,15-17H2,1-3H3,(H,26,30)/t18-,21-/m0/s1. The summed E-state index contributed by atoms with van der Waals surface area (Å²) in [6.07, 6.45) is 1.57. The summed E-state index contributed by atoms with van der Waals surface area (Å²) in [5.74, 6) is -1.62. The maximum Gasteiger partial charge on any atom is 0.269 e. The van der Waals surface area contributed by atoms with Gasteiger partial charge in [-0.05, 0) is 43.9 Å². The molecule has 1 heterocycles. The van der Waals surface area contributed by atoms with Gasteiger partial charge in [0.05, 0.1) is 5.56 Å². The van der Waals surface area contributed by atoms with E-state index < -0.39 is 34.4 Å². The predicted molar refractivity (Wildman–Crippen MR) is 128 cm³/mol. The molecule has 9 heteroatoms. The van der Waals surface area contributed by atoms with Crippen LogP contribution in [0.1, 0.15) is 49.5 Å². The molecule has 2 atom stereocenters. The van der Waals surface area contributed by atoms with Crippen molar-refractivity contribution in [1.82, 2.24) is 14.5 Å². The van der Waals surface area contributed by atoms with E-state index in [0.29, 0.717) is 17.1 Å². The van der Waals surface area contributed by atoms with E-state index in [4.69, 9.17) is 0 Å². The molecule has 2 aromatic carbocycles. The minimum Gasteiger partial charge on any atom is -0.352 e. The summed E-state index contributed by atoms with van der Waals surface area (Å²) in [5.41, 5.74) is 1.03. The third kappa shape index (κ3) is 5.30. The van der Waals surface area contributed by atoms with Gasteiger partial charge < -0.3 is 10.2 Å². The summed E-state index contributed by atoms with van der Waals surface area (Å²) in [5, 5.41) is 2.92. The molecule has 34 heavy (non-hydrogen) atoms. The number of rotatable bonds is 10. The number of benzene rings is 2. The van der Waals surface area contributed by atoms with Gasteiger partial charge in [-0.25, -0.2) is 12.7 Å². The van der Waals surface area contributed by atoms with Crippen molar-refractivity contribution in [2.24, 2.45) is 0 Å². The largest absolute Gasteiger partial charge is 0.352 e. The average molecular weight is 486 g/mol. The van der Waals surface area contributed by atoms with Crippen molar-refractivity contribution in [2.75, 3.05) is 13.1 Å². The van der Waals surface area contributed by atoms with Gasteiger partial charge >= 0.3 is 0 Å². The lowest BCUT2D eigenvalue weighted by atomic mass is 10.1. The molecule has 8 nitrogen and oxygen atoms in total. The van der Waals surface area contributed by atoms with Gasteiger partial charge in [-0.3, -0.25) is 14.4 Å². The zero-order chi connectivity index (χ0) is 24.9. The Hall–Kier alpha value is -3.20. The van der Waals surface area contributed by atoms with Crippen LogP contribution in [-0.4, -0.2) is 60.5 Å². The van der Waals surface area contributed by atoms with E-state index in [-0.39, 0.29) is 29.0 Å². The fourth-order valence-corrected chi connectivity index (χ4v) is 5.46. The minimum absolute atomic E-state index is 0.0488. The molecule has 3 amide bonds. The van der Waals surface area contributed by atoms with E-state index >= 15 is 0 Å². The SMILES string of the molecule is CC[C@H](C)NC(=O)[C@H](CC)N(CCc1ccccc1)C(=O)CN1C(=O)c2ccccc2S1(=O)=O. The van der Waals surface area contributed by atoms with Crippen molar-refractivity contribution >= 4 is 27.7 Å². The summed E-state index contributed by atoms with van der Waals surface area (Å²) in [4.78, 5) is 40.6.